The van der Waals surface area contributed by atoms with Gasteiger partial charge in [-0.15, -0.1) is 0 Å². The molecule has 2 rings (SSSR count). The number of hydrogen-bond donors (Lipinski definition) is 0. The monoisotopic (exact) mass is 291 g/mol. The van der Waals surface area contributed by atoms with Crippen LogP contribution in [0.3, 0.4) is 0 Å². The Hall–Kier alpha value is -0.790. The lowest BCUT2D eigenvalue weighted by atomic mass is 10.0. The summed E-state index contributed by atoms with van der Waals surface area (Å²) in [7, 11) is 4.85. The van der Waals surface area contributed by atoms with Gasteiger partial charge in [0, 0.05) is 19.5 Å². The van der Waals surface area contributed by atoms with Crippen LogP contribution in [0, 0.1) is 0 Å². The molecule has 2 heterocycles. The Morgan fingerprint density at radius 2 is 1.95 bits per heavy atom. The molecule has 0 unspecified atom stereocenters. The Labute approximate surface area is 118 Å². The molecule has 2 aliphatic heterocycles. The molecular formula is C13H23F2N3O2. The van der Waals surface area contributed by atoms with E-state index in [0.29, 0.717) is 0 Å². The van der Waals surface area contributed by atoms with Crippen molar-refractivity contribution in [3.05, 3.63) is 0 Å². The smallest absolute Gasteiger partial charge is 0.263 e. The lowest BCUT2D eigenvalue weighted by molar-refractivity contribution is -0.174. The molecule has 0 aromatic heterocycles. The van der Waals surface area contributed by atoms with Gasteiger partial charge in [0.25, 0.3) is 11.8 Å². The highest BCUT2D eigenvalue weighted by Crippen LogP contribution is 2.36. The largest absolute Gasteiger partial charge is 0.306 e. The van der Waals surface area contributed by atoms with E-state index in [0.717, 1.165) is 31.0 Å². The highest BCUT2D eigenvalue weighted by Gasteiger charge is 2.51. The zero-order valence-electron chi connectivity index (χ0n) is 12.3. The van der Waals surface area contributed by atoms with E-state index in [1.807, 2.05) is 7.05 Å². The topological polar surface area (TPSA) is 36.0 Å². The molecule has 5 nitrogen and oxygen atoms in total. The van der Waals surface area contributed by atoms with Crippen LogP contribution in [0.15, 0.2) is 0 Å². The highest BCUT2D eigenvalue weighted by atomic mass is 19.3. The third-order valence-corrected chi connectivity index (χ3v) is 4.33. The summed E-state index contributed by atoms with van der Waals surface area (Å²) < 4.78 is 27.5. The summed E-state index contributed by atoms with van der Waals surface area (Å²) in [4.78, 5) is 20.9. The molecular weight excluding hydrogens is 268 g/mol. The summed E-state index contributed by atoms with van der Waals surface area (Å²) in [6.45, 7) is 1.44. The van der Waals surface area contributed by atoms with Crippen LogP contribution in [0.4, 0.5) is 8.78 Å². The SMILES string of the molecule is CON(C)C(=O)[C@H]1CC(F)(F)CN1C1CCN(C)CC1. The Morgan fingerprint density at radius 3 is 2.50 bits per heavy atom. The van der Waals surface area contributed by atoms with Gasteiger partial charge in [-0.05, 0) is 33.0 Å². The molecule has 0 aliphatic carbocycles. The van der Waals surface area contributed by atoms with Gasteiger partial charge in [0.15, 0.2) is 0 Å². The minimum absolute atomic E-state index is 0.0544. The maximum absolute atomic E-state index is 13.7. The predicted octanol–water partition coefficient (Wildman–Crippen LogP) is 0.810. The van der Waals surface area contributed by atoms with Gasteiger partial charge in [-0.1, -0.05) is 0 Å². The summed E-state index contributed by atoms with van der Waals surface area (Å²) in [5.41, 5.74) is 0. The van der Waals surface area contributed by atoms with Gasteiger partial charge in [0.05, 0.1) is 19.7 Å². The minimum Gasteiger partial charge on any atom is -0.306 e. The number of carbonyl (C=O) groups excluding carboxylic acids is 1. The molecule has 0 radical (unpaired) electrons. The molecule has 0 aromatic rings. The van der Waals surface area contributed by atoms with Gasteiger partial charge >= 0.3 is 0 Å². The summed E-state index contributed by atoms with van der Waals surface area (Å²) >= 11 is 0. The van der Waals surface area contributed by atoms with Crippen LogP contribution in [-0.4, -0.2) is 79.6 Å². The second-order valence-electron chi connectivity index (χ2n) is 5.80. The minimum atomic E-state index is -2.79. The van der Waals surface area contributed by atoms with Gasteiger partial charge in [-0.2, -0.15) is 0 Å². The zero-order valence-corrected chi connectivity index (χ0v) is 12.3. The van der Waals surface area contributed by atoms with Crippen molar-refractivity contribution < 1.29 is 18.4 Å². The summed E-state index contributed by atoms with van der Waals surface area (Å²) in [6.07, 6.45) is 1.24. The second kappa shape index (κ2) is 5.91. The van der Waals surface area contributed by atoms with Crippen LogP contribution in [0.25, 0.3) is 0 Å². The molecule has 0 spiro atoms. The molecule has 0 bridgehead atoms. The van der Waals surface area contributed by atoms with E-state index in [4.69, 9.17) is 4.84 Å². The number of likely N-dealkylation sites (N-methyl/N-ethyl adjacent to an activating group) is 1. The third-order valence-electron chi connectivity index (χ3n) is 4.33. The molecule has 0 aromatic carbocycles. The standard InChI is InChI=1S/C13H23F2N3O2/c1-16-6-4-10(5-7-16)18-9-13(14,15)8-11(18)12(19)17(2)20-3/h10-11H,4-9H2,1-3H3/t11-/m1/s1. The molecule has 2 aliphatic rings. The molecule has 7 heteroatoms. The molecule has 2 fully saturated rings. The van der Waals surface area contributed by atoms with Crippen LogP contribution >= 0.6 is 0 Å². The van der Waals surface area contributed by atoms with Gasteiger partial charge in [-0.3, -0.25) is 14.5 Å². The van der Waals surface area contributed by atoms with Crippen LogP contribution in [0.2, 0.25) is 0 Å². The van der Waals surface area contributed by atoms with Crippen molar-refractivity contribution in [1.82, 2.24) is 14.9 Å². The molecule has 1 atom stereocenters. The van der Waals surface area contributed by atoms with Crippen molar-refractivity contribution >= 4 is 5.91 Å². The fraction of sp³-hybridized carbons (Fsp3) is 0.923. The number of nitrogens with zero attached hydrogens (tertiary/aromatic N) is 3. The number of rotatable bonds is 3. The zero-order chi connectivity index (χ0) is 14.9. The normalized spacial score (nSPS) is 28.8. The summed E-state index contributed by atoms with van der Waals surface area (Å²) in [6, 6.07) is -0.720. The number of carbonyl (C=O) groups is 1. The Balaban J connectivity index is 2.10. The number of alkyl halides is 2. The number of hydroxylamine groups is 2. The molecule has 116 valence electrons. The van der Waals surface area contributed by atoms with Crippen LogP contribution in [0.1, 0.15) is 19.3 Å². The average Bonchev–Trinajstić information content (AvgIpc) is 2.74. The summed E-state index contributed by atoms with van der Waals surface area (Å²) in [5.74, 6) is -3.18. The quantitative estimate of drug-likeness (QED) is 0.721. The fourth-order valence-electron chi connectivity index (χ4n) is 3.08. The number of likely N-dealkylation sites (tertiary alicyclic amines) is 2. The third kappa shape index (κ3) is 3.27. The van der Waals surface area contributed by atoms with Crippen molar-refractivity contribution in [1.29, 1.82) is 0 Å². The first-order valence-electron chi connectivity index (χ1n) is 6.98. The lowest BCUT2D eigenvalue weighted by Gasteiger charge is -2.37. The van der Waals surface area contributed by atoms with Crippen LogP contribution in [-0.2, 0) is 9.63 Å². The molecule has 0 N–H and O–H groups in total. The first kappa shape index (κ1) is 15.6. The van der Waals surface area contributed by atoms with Gasteiger partial charge in [-0.25, -0.2) is 13.8 Å². The molecule has 20 heavy (non-hydrogen) atoms. The van der Waals surface area contributed by atoms with Gasteiger partial charge in [0.1, 0.15) is 0 Å². The van der Waals surface area contributed by atoms with E-state index >= 15 is 0 Å². The van der Waals surface area contributed by atoms with Gasteiger partial charge < -0.3 is 4.90 Å². The van der Waals surface area contributed by atoms with E-state index in [-0.39, 0.29) is 18.5 Å². The molecule has 1 amide bonds. The maximum Gasteiger partial charge on any atom is 0.263 e. The first-order valence-corrected chi connectivity index (χ1v) is 6.98. The maximum atomic E-state index is 13.7. The first-order chi connectivity index (χ1) is 9.34. The highest BCUT2D eigenvalue weighted by molar-refractivity contribution is 5.81. The van der Waals surface area contributed by atoms with Crippen molar-refractivity contribution in [3.8, 4) is 0 Å². The molecule has 0 saturated carbocycles. The van der Waals surface area contributed by atoms with E-state index < -0.39 is 18.4 Å². The number of amides is 1. The Morgan fingerprint density at radius 1 is 1.35 bits per heavy atom. The Bertz CT molecular complexity index is 360. The van der Waals surface area contributed by atoms with Crippen molar-refractivity contribution in [2.75, 3.05) is 40.8 Å². The predicted molar refractivity (Wildman–Crippen MR) is 70.4 cm³/mol. The van der Waals surface area contributed by atoms with Crippen molar-refractivity contribution in [2.45, 2.75) is 37.3 Å². The average molecular weight is 291 g/mol. The van der Waals surface area contributed by atoms with E-state index in [1.165, 1.54) is 14.2 Å². The van der Waals surface area contributed by atoms with Crippen molar-refractivity contribution in [3.63, 3.8) is 0 Å². The van der Waals surface area contributed by atoms with Gasteiger partial charge in [0.2, 0.25) is 0 Å². The number of piperidine rings is 1. The van der Waals surface area contributed by atoms with Crippen LogP contribution < -0.4 is 0 Å². The number of hydrogen-bond acceptors (Lipinski definition) is 4. The van der Waals surface area contributed by atoms with E-state index in [2.05, 4.69) is 4.90 Å². The molecule has 2 saturated heterocycles. The second-order valence-corrected chi connectivity index (χ2v) is 5.80. The number of halogens is 2. The van der Waals surface area contributed by atoms with Crippen LogP contribution in [0.5, 0.6) is 0 Å². The Kier molecular flexibility index (Phi) is 4.61. The lowest BCUT2D eigenvalue weighted by Crippen LogP contribution is -2.51. The van der Waals surface area contributed by atoms with E-state index in [1.54, 1.807) is 4.90 Å². The van der Waals surface area contributed by atoms with Crippen molar-refractivity contribution in [2.24, 2.45) is 0 Å². The summed E-state index contributed by atoms with van der Waals surface area (Å²) in [5, 5.41) is 1.05. The van der Waals surface area contributed by atoms with E-state index in [9.17, 15) is 13.6 Å². The fourth-order valence-corrected chi connectivity index (χ4v) is 3.08.